The van der Waals surface area contributed by atoms with Gasteiger partial charge in [0, 0.05) is 37.4 Å². The number of para-hydroxylation sites is 1. The number of nitrogens with one attached hydrogen (secondary N) is 2. The van der Waals surface area contributed by atoms with Crippen molar-refractivity contribution in [1.29, 1.82) is 0 Å². The number of hydrogen-bond acceptors (Lipinski definition) is 5. The highest BCUT2D eigenvalue weighted by molar-refractivity contribution is 14.0. The molecular formula is C22H29IN4O4. The lowest BCUT2D eigenvalue weighted by Crippen LogP contribution is -2.42. The molecule has 1 saturated heterocycles. The molecule has 1 unspecified atom stereocenters. The highest BCUT2D eigenvalue weighted by atomic mass is 127. The number of rotatable bonds is 8. The molecule has 1 atom stereocenters. The van der Waals surface area contributed by atoms with E-state index in [9.17, 15) is 10.1 Å². The lowest BCUT2D eigenvalue weighted by molar-refractivity contribution is -0.384. The minimum absolute atomic E-state index is 0. The number of benzene rings is 2. The monoisotopic (exact) mass is 540 g/mol. The molecule has 1 fully saturated rings. The molecule has 0 radical (unpaired) electrons. The number of nitro groups is 1. The first-order chi connectivity index (χ1) is 14.7. The van der Waals surface area contributed by atoms with Gasteiger partial charge in [-0.2, -0.15) is 0 Å². The molecule has 3 rings (SSSR count). The summed E-state index contributed by atoms with van der Waals surface area (Å²) < 4.78 is 11.2. The SMILES string of the molecule is COc1ccccc1CNC(=NCc1ccc([N+](=O)[O-])cc1)NCC1CCCCO1.I. The zero-order valence-corrected chi connectivity index (χ0v) is 19.9. The summed E-state index contributed by atoms with van der Waals surface area (Å²) >= 11 is 0. The van der Waals surface area contributed by atoms with Gasteiger partial charge < -0.3 is 20.1 Å². The minimum atomic E-state index is -0.404. The Kier molecular flexibility index (Phi) is 10.5. The second-order valence-electron chi connectivity index (χ2n) is 7.12. The molecule has 1 aliphatic rings. The summed E-state index contributed by atoms with van der Waals surface area (Å²) in [5, 5.41) is 17.5. The van der Waals surface area contributed by atoms with E-state index in [1.54, 1.807) is 19.2 Å². The van der Waals surface area contributed by atoms with Gasteiger partial charge in [0.1, 0.15) is 5.75 Å². The number of ether oxygens (including phenoxy) is 2. The number of nitro benzene ring substituents is 1. The van der Waals surface area contributed by atoms with Crippen molar-refractivity contribution < 1.29 is 14.4 Å². The number of hydrogen-bond donors (Lipinski definition) is 2. The van der Waals surface area contributed by atoms with E-state index in [4.69, 9.17) is 9.47 Å². The van der Waals surface area contributed by atoms with Crippen LogP contribution < -0.4 is 15.4 Å². The van der Waals surface area contributed by atoms with Crippen LogP contribution in [0.5, 0.6) is 5.75 Å². The van der Waals surface area contributed by atoms with Gasteiger partial charge in [-0.05, 0) is 30.9 Å². The summed E-state index contributed by atoms with van der Waals surface area (Å²) in [5.74, 6) is 1.48. The van der Waals surface area contributed by atoms with E-state index in [0.717, 1.165) is 36.3 Å². The van der Waals surface area contributed by atoms with Crippen molar-refractivity contribution >= 4 is 35.6 Å². The van der Waals surface area contributed by atoms with E-state index in [-0.39, 0.29) is 35.8 Å². The summed E-state index contributed by atoms with van der Waals surface area (Å²) in [6, 6.07) is 14.3. The fourth-order valence-corrected chi connectivity index (χ4v) is 3.27. The van der Waals surface area contributed by atoms with Gasteiger partial charge in [-0.3, -0.25) is 10.1 Å². The van der Waals surface area contributed by atoms with Crippen molar-refractivity contribution in [2.24, 2.45) is 4.99 Å². The Balaban J connectivity index is 0.00000341. The Morgan fingerprint density at radius 3 is 2.65 bits per heavy atom. The van der Waals surface area contributed by atoms with Gasteiger partial charge in [-0.25, -0.2) is 4.99 Å². The largest absolute Gasteiger partial charge is 0.496 e. The molecule has 31 heavy (non-hydrogen) atoms. The van der Waals surface area contributed by atoms with Crippen LogP contribution in [0.15, 0.2) is 53.5 Å². The lowest BCUT2D eigenvalue weighted by Gasteiger charge is -2.24. The summed E-state index contributed by atoms with van der Waals surface area (Å²) in [6.07, 6.45) is 3.51. The van der Waals surface area contributed by atoms with Crippen LogP contribution >= 0.6 is 24.0 Å². The maximum Gasteiger partial charge on any atom is 0.269 e. The number of nitrogens with zero attached hydrogens (tertiary/aromatic N) is 2. The quantitative estimate of drug-likeness (QED) is 0.173. The highest BCUT2D eigenvalue weighted by Crippen LogP contribution is 2.17. The van der Waals surface area contributed by atoms with Gasteiger partial charge in [0.05, 0.1) is 24.7 Å². The molecule has 8 nitrogen and oxygen atoms in total. The molecule has 1 heterocycles. The lowest BCUT2D eigenvalue weighted by atomic mass is 10.1. The topological polar surface area (TPSA) is 98.0 Å². The number of guanidine groups is 1. The Hall–Kier alpha value is -2.40. The van der Waals surface area contributed by atoms with E-state index in [1.807, 2.05) is 24.3 Å². The molecule has 1 aliphatic heterocycles. The Labute approximate surface area is 199 Å². The molecule has 0 spiro atoms. The van der Waals surface area contributed by atoms with Crippen LogP contribution in [0.3, 0.4) is 0 Å². The van der Waals surface area contributed by atoms with Crippen LogP contribution in [-0.2, 0) is 17.8 Å². The van der Waals surface area contributed by atoms with Gasteiger partial charge in [0.2, 0.25) is 0 Å². The molecular weight excluding hydrogens is 511 g/mol. The first-order valence-electron chi connectivity index (χ1n) is 10.1. The maximum absolute atomic E-state index is 10.8. The van der Waals surface area contributed by atoms with Gasteiger partial charge >= 0.3 is 0 Å². The van der Waals surface area contributed by atoms with Gasteiger partial charge in [0.15, 0.2) is 5.96 Å². The first-order valence-corrected chi connectivity index (χ1v) is 10.1. The molecule has 2 N–H and O–H groups in total. The highest BCUT2D eigenvalue weighted by Gasteiger charge is 2.14. The molecule has 2 aromatic rings. The molecule has 0 saturated carbocycles. The molecule has 2 aromatic carbocycles. The van der Waals surface area contributed by atoms with Crippen molar-refractivity contribution in [3.8, 4) is 5.75 Å². The Bertz CT molecular complexity index is 855. The van der Waals surface area contributed by atoms with Crippen LogP contribution in [-0.4, -0.2) is 37.2 Å². The number of methoxy groups -OCH3 is 1. The molecule has 0 aliphatic carbocycles. The first kappa shape index (κ1) is 24.9. The van der Waals surface area contributed by atoms with Crippen LogP contribution in [0, 0.1) is 10.1 Å². The molecule has 0 bridgehead atoms. The predicted octanol–water partition coefficient (Wildman–Crippen LogP) is 4.03. The smallest absolute Gasteiger partial charge is 0.269 e. The van der Waals surface area contributed by atoms with Crippen LogP contribution in [0.1, 0.15) is 30.4 Å². The molecule has 168 valence electrons. The number of halogens is 1. The third-order valence-corrected chi connectivity index (χ3v) is 4.98. The van der Waals surface area contributed by atoms with E-state index >= 15 is 0 Å². The minimum Gasteiger partial charge on any atom is -0.496 e. The summed E-state index contributed by atoms with van der Waals surface area (Å²) in [7, 11) is 1.65. The molecule has 0 amide bonds. The van der Waals surface area contributed by atoms with E-state index in [2.05, 4.69) is 15.6 Å². The van der Waals surface area contributed by atoms with E-state index in [1.165, 1.54) is 18.6 Å². The Morgan fingerprint density at radius 2 is 1.97 bits per heavy atom. The normalized spacial score (nSPS) is 16.2. The van der Waals surface area contributed by atoms with Crippen molar-refractivity contribution in [2.75, 3.05) is 20.3 Å². The summed E-state index contributed by atoms with van der Waals surface area (Å²) in [6.45, 7) is 2.45. The van der Waals surface area contributed by atoms with Gasteiger partial charge in [-0.1, -0.05) is 30.3 Å². The third-order valence-electron chi connectivity index (χ3n) is 4.98. The summed E-state index contributed by atoms with van der Waals surface area (Å²) in [5.41, 5.74) is 2.00. The molecule has 9 heteroatoms. The summed E-state index contributed by atoms with van der Waals surface area (Å²) in [4.78, 5) is 15.1. The standard InChI is InChI=1S/C22H28N4O4.HI/c1-29-21-8-3-2-6-18(21)15-24-22(25-16-20-7-4-5-13-30-20)23-14-17-9-11-19(12-10-17)26(27)28;/h2-3,6,8-12,20H,4-5,7,13-16H2,1H3,(H2,23,24,25);1H. The second-order valence-corrected chi connectivity index (χ2v) is 7.12. The van der Waals surface area contributed by atoms with Gasteiger partial charge in [-0.15, -0.1) is 24.0 Å². The van der Waals surface area contributed by atoms with Crippen LogP contribution in [0.4, 0.5) is 5.69 Å². The fraction of sp³-hybridized carbons (Fsp3) is 0.409. The second kappa shape index (κ2) is 13.1. The van der Waals surface area contributed by atoms with Crippen LogP contribution in [0.25, 0.3) is 0 Å². The van der Waals surface area contributed by atoms with Crippen molar-refractivity contribution in [1.82, 2.24) is 10.6 Å². The number of aliphatic imine (C=N–C) groups is 1. The van der Waals surface area contributed by atoms with E-state index in [0.29, 0.717) is 25.6 Å². The van der Waals surface area contributed by atoms with Crippen molar-refractivity contribution in [3.05, 3.63) is 69.8 Å². The maximum atomic E-state index is 10.8. The van der Waals surface area contributed by atoms with Crippen molar-refractivity contribution in [3.63, 3.8) is 0 Å². The third kappa shape index (κ3) is 7.98. The average Bonchev–Trinajstić information content (AvgIpc) is 2.79. The van der Waals surface area contributed by atoms with Gasteiger partial charge in [0.25, 0.3) is 5.69 Å². The average molecular weight is 540 g/mol. The molecule has 0 aromatic heterocycles. The Morgan fingerprint density at radius 1 is 1.19 bits per heavy atom. The fourth-order valence-electron chi connectivity index (χ4n) is 3.27. The zero-order valence-electron chi connectivity index (χ0n) is 17.6. The zero-order chi connectivity index (χ0) is 21.2. The predicted molar refractivity (Wildman–Crippen MR) is 131 cm³/mol. The number of non-ortho nitro benzene ring substituents is 1. The van der Waals surface area contributed by atoms with Crippen molar-refractivity contribution in [2.45, 2.75) is 38.5 Å². The van der Waals surface area contributed by atoms with E-state index < -0.39 is 4.92 Å². The van der Waals surface area contributed by atoms with Crippen LogP contribution in [0.2, 0.25) is 0 Å².